The summed E-state index contributed by atoms with van der Waals surface area (Å²) in [7, 11) is 1.87. The predicted octanol–water partition coefficient (Wildman–Crippen LogP) is 1.80. The number of aliphatic hydroxyl groups is 1. The zero-order valence-corrected chi connectivity index (χ0v) is 14.8. The molecule has 0 fully saturated rings. The number of pyridine rings is 1. The van der Waals surface area contributed by atoms with E-state index in [1.54, 1.807) is 12.4 Å². The largest absolute Gasteiger partial charge is 0.396 e. The Morgan fingerprint density at radius 3 is 2.62 bits per heavy atom. The molecule has 0 saturated carbocycles. The van der Waals surface area contributed by atoms with Crippen molar-refractivity contribution in [3.8, 4) is 0 Å². The van der Waals surface area contributed by atoms with Crippen LogP contribution in [0.4, 0.5) is 0 Å². The van der Waals surface area contributed by atoms with E-state index in [-0.39, 0.29) is 25.0 Å². The first kappa shape index (κ1) is 18.1. The van der Waals surface area contributed by atoms with Gasteiger partial charge in [-0.1, -0.05) is 26.8 Å². The van der Waals surface area contributed by atoms with Gasteiger partial charge in [-0.2, -0.15) is 0 Å². The van der Waals surface area contributed by atoms with Gasteiger partial charge in [-0.05, 0) is 18.1 Å². The van der Waals surface area contributed by atoms with Gasteiger partial charge < -0.3 is 15.0 Å². The summed E-state index contributed by atoms with van der Waals surface area (Å²) in [5, 5.41) is 12.7. The summed E-state index contributed by atoms with van der Waals surface area (Å²) in [5.41, 5.74) is 1.34. The van der Waals surface area contributed by atoms with Gasteiger partial charge in [0, 0.05) is 36.7 Å². The first-order valence-electron chi connectivity index (χ1n) is 8.18. The fourth-order valence-corrected chi connectivity index (χ4v) is 2.50. The quantitative estimate of drug-likeness (QED) is 0.811. The van der Waals surface area contributed by atoms with E-state index in [9.17, 15) is 9.90 Å². The highest BCUT2D eigenvalue weighted by Crippen LogP contribution is 2.31. The topological polar surface area (TPSA) is 80.0 Å². The first-order chi connectivity index (χ1) is 11.4. The molecule has 130 valence electrons. The lowest BCUT2D eigenvalue weighted by Gasteiger charge is -2.32. The standard InChI is InChI=1S/C18H26N4O2/c1-5-13-6-7-14(20-11-13)10-15(24)21-16(18(2,3)12-23)17-19-8-9-22(17)4/h6-9,11,16,23H,5,10,12H2,1-4H3,(H,21,24). The van der Waals surface area contributed by atoms with Crippen molar-refractivity contribution < 1.29 is 9.90 Å². The summed E-state index contributed by atoms with van der Waals surface area (Å²) in [6.07, 6.45) is 6.44. The van der Waals surface area contributed by atoms with Gasteiger partial charge in [0.25, 0.3) is 0 Å². The third kappa shape index (κ3) is 4.20. The van der Waals surface area contributed by atoms with E-state index in [2.05, 4.69) is 22.2 Å². The number of aliphatic hydroxyl groups excluding tert-OH is 1. The summed E-state index contributed by atoms with van der Waals surface area (Å²) in [5.74, 6) is 0.581. The zero-order valence-electron chi connectivity index (χ0n) is 14.8. The molecule has 0 bridgehead atoms. The Morgan fingerprint density at radius 2 is 2.12 bits per heavy atom. The second kappa shape index (κ2) is 7.57. The molecule has 0 radical (unpaired) electrons. The van der Waals surface area contributed by atoms with Gasteiger partial charge in [-0.3, -0.25) is 9.78 Å². The predicted molar refractivity (Wildman–Crippen MR) is 92.3 cm³/mol. The highest BCUT2D eigenvalue weighted by molar-refractivity contribution is 5.78. The minimum Gasteiger partial charge on any atom is -0.396 e. The van der Waals surface area contributed by atoms with E-state index < -0.39 is 5.41 Å². The third-order valence-electron chi connectivity index (χ3n) is 4.25. The summed E-state index contributed by atoms with van der Waals surface area (Å²) in [6, 6.07) is 3.49. The van der Waals surface area contributed by atoms with Crippen LogP contribution in [-0.2, 0) is 24.7 Å². The first-order valence-corrected chi connectivity index (χ1v) is 8.18. The molecule has 0 aromatic carbocycles. The number of aryl methyl sites for hydroxylation is 2. The van der Waals surface area contributed by atoms with Crippen molar-refractivity contribution in [2.24, 2.45) is 12.5 Å². The maximum atomic E-state index is 12.5. The molecule has 0 spiro atoms. The van der Waals surface area contributed by atoms with Crippen LogP contribution in [0.3, 0.4) is 0 Å². The van der Waals surface area contributed by atoms with Gasteiger partial charge in [0.1, 0.15) is 5.82 Å². The molecule has 2 heterocycles. The number of carbonyl (C=O) groups excluding carboxylic acids is 1. The third-order valence-corrected chi connectivity index (χ3v) is 4.25. The van der Waals surface area contributed by atoms with Crippen molar-refractivity contribution in [1.29, 1.82) is 0 Å². The van der Waals surface area contributed by atoms with E-state index in [0.29, 0.717) is 0 Å². The SMILES string of the molecule is CCc1ccc(CC(=O)NC(c2nccn2C)C(C)(C)CO)nc1. The van der Waals surface area contributed by atoms with Crippen molar-refractivity contribution in [3.05, 3.63) is 47.8 Å². The lowest BCUT2D eigenvalue weighted by atomic mass is 9.84. The molecule has 2 rings (SSSR count). The number of imidazole rings is 1. The Balaban J connectivity index is 2.14. The Morgan fingerprint density at radius 1 is 1.38 bits per heavy atom. The van der Waals surface area contributed by atoms with Gasteiger partial charge in [0.05, 0.1) is 19.1 Å². The molecule has 1 atom stereocenters. The maximum absolute atomic E-state index is 12.5. The average Bonchev–Trinajstić information content (AvgIpc) is 2.99. The second-order valence-corrected chi connectivity index (χ2v) is 6.73. The molecule has 0 saturated heterocycles. The van der Waals surface area contributed by atoms with Crippen LogP contribution in [-0.4, -0.2) is 32.2 Å². The molecule has 2 aromatic rings. The summed E-state index contributed by atoms with van der Waals surface area (Å²) in [6.45, 7) is 5.81. The Hall–Kier alpha value is -2.21. The number of aromatic nitrogens is 3. The van der Waals surface area contributed by atoms with Crippen LogP contribution in [0, 0.1) is 5.41 Å². The Bertz CT molecular complexity index is 677. The van der Waals surface area contributed by atoms with Gasteiger partial charge in [0.15, 0.2) is 0 Å². The number of nitrogens with zero attached hydrogens (tertiary/aromatic N) is 3. The number of hydrogen-bond acceptors (Lipinski definition) is 4. The summed E-state index contributed by atoms with van der Waals surface area (Å²) >= 11 is 0. The second-order valence-electron chi connectivity index (χ2n) is 6.73. The van der Waals surface area contributed by atoms with E-state index in [4.69, 9.17) is 0 Å². The Labute approximate surface area is 143 Å². The molecular formula is C18H26N4O2. The van der Waals surface area contributed by atoms with Crippen molar-refractivity contribution in [2.75, 3.05) is 6.61 Å². The minimum atomic E-state index is -0.533. The van der Waals surface area contributed by atoms with Crippen molar-refractivity contribution in [2.45, 2.75) is 39.7 Å². The number of carbonyl (C=O) groups is 1. The number of nitrogens with one attached hydrogen (secondary N) is 1. The fourth-order valence-electron chi connectivity index (χ4n) is 2.50. The molecule has 2 aromatic heterocycles. The lowest BCUT2D eigenvalue weighted by molar-refractivity contribution is -0.122. The molecule has 24 heavy (non-hydrogen) atoms. The summed E-state index contributed by atoms with van der Waals surface area (Å²) < 4.78 is 1.86. The van der Waals surface area contributed by atoms with Crippen LogP contribution in [0.25, 0.3) is 0 Å². The monoisotopic (exact) mass is 330 g/mol. The molecule has 2 N–H and O–H groups in total. The van der Waals surface area contributed by atoms with Crippen LogP contribution in [0.5, 0.6) is 0 Å². The molecule has 1 unspecified atom stereocenters. The maximum Gasteiger partial charge on any atom is 0.226 e. The van der Waals surface area contributed by atoms with Crippen LogP contribution in [0.1, 0.15) is 43.9 Å². The number of amides is 1. The smallest absolute Gasteiger partial charge is 0.226 e. The summed E-state index contributed by atoms with van der Waals surface area (Å²) in [4.78, 5) is 21.1. The molecular weight excluding hydrogens is 304 g/mol. The van der Waals surface area contributed by atoms with Gasteiger partial charge >= 0.3 is 0 Å². The lowest BCUT2D eigenvalue weighted by Crippen LogP contribution is -2.42. The normalized spacial score (nSPS) is 12.9. The molecule has 1 amide bonds. The van der Waals surface area contributed by atoms with Crippen LogP contribution >= 0.6 is 0 Å². The molecule has 0 aliphatic carbocycles. The van der Waals surface area contributed by atoms with E-state index in [0.717, 1.165) is 23.5 Å². The van der Waals surface area contributed by atoms with Gasteiger partial charge in [-0.25, -0.2) is 4.98 Å². The molecule has 0 aliphatic rings. The van der Waals surface area contributed by atoms with Gasteiger partial charge in [0.2, 0.25) is 5.91 Å². The average molecular weight is 330 g/mol. The van der Waals surface area contributed by atoms with Crippen molar-refractivity contribution in [3.63, 3.8) is 0 Å². The van der Waals surface area contributed by atoms with Crippen LogP contribution < -0.4 is 5.32 Å². The molecule has 6 heteroatoms. The number of hydrogen-bond donors (Lipinski definition) is 2. The fraction of sp³-hybridized carbons (Fsp3) is 0.500. The van der Waals surface area contributed by atoms with E-state index in [1.807, 2.05) is 43.8 Å². The van der Waals surface area contributed by atoms with E-state index >= 15 is 0 Å². The molecule has 6 nitrogen and oxygen atoms in total. The highest BCUT2D eigenvalue weighted by atomic mass is 16.3. The van der Waals surface area contributed by atoms with Crippen molar-refractivity contribution in [1.82, 2.24) is 19.9 Å². The minimum absolute atomic E-state index is 0.0613. The van der Waals surface area contributed by atoms with Crippen LogP contribution in [0.15, 0.2) is 30.7 Å². The zero-order chi connectivity index (χ0) is 17.7. The van der Waals surface area contributed by atoms with Crippen molar-refractivity contribution >= 4 is 5.91 Å². The highest BCUT2D eigenvalue weighted by Gasteiger charge is 2.34. The molecule has 0 aliphatic heterocycles. The van der Waals surface area contributed by atoms with Gasteiger partial charge in [-0.15, -0.1) is 0 Å². The number of rotatable bonds is 7. The van der Waals surface area contributed by atoms with E-state index in [1.165, 1.54) is 0 Å². The Kier molecular flexibility index (Phi) is 5.72. The van der Waals surface area contributed by atoms with Crippen LogP contribution in [0.2, 0.25) is 0 Å².